The van der Waals surface area contributed by atoms with E-state index in [-0.39, 0.29) is 5.04 Å². The zero-order valence-electron chi connectivity index (χ0n) is 17.2. The van der Waals surface area contributed by atoms with Gasteiger partial charge in [0.2, 0.25) is 0 Å². The van der Waals surface area contributed by atoms with Gasteiger partial charge in [-0.2, -0.15) is 0 Å². The van der Waals surface area contributed by atoms with Gasteiger partial charge in [-0.3, -0.25) is 4.79 Å². The van der Waals surface area contributed by atoms with E-state index in [0.717, 1.165) is 12.8 Å². The average Bonchev–Trinajstić information content (AvgIpc) is 2.57. The van der Waals surface area contributed by atoms with Crippen molar-refractivity contribution in [3.63, 3.8) is 0 Å². The Labute approximate surface area is 155 Å². The van der Waals surface area contributed by atoms with Crippen molar-refractivity contribution in [1.82, 2.24) is 0 Å². The van der Waals surface area contributed by atoms with Crippen LogP contribution in [0.2, 0.25) is 18.1 Å². The molecule has 2 fully saturated rings. The molecule has 0 heterocycles. The van der Waals surface area contributed by atoms with Gasteiger partial charge in [-0.1, -0.05) is 37.5 Å². The summed E-state index contributed by atoms with van der Waals surface area (Å²) in [5.74, 6) is 1.82. The van der Waals surface area contributed by atoms with Crippen LogP contribution in [0.15, 0.2) is 22.8 Å². The van der Waals surface area contributed by atoms with Gasteiger partial charge in [0.1, 0.15) is 0 Å². The highest BCUT2D eigenvalue weighted by atomic mass is 28.4. The number of carbonyl (C=O) groups excluding carboxylic acids is 1. The molecular formula is C22H36O2Si. The first-order valence-electron chi connectivity index (χ1n) is 10.1. The van der Waals surface area contributed by atoms with Crippen LogP contribution in [-0.4, -0.2) is 20.2 Å². The molecule has 3 aliphatic carbocycles. The summed E-state index contributed by atoms with van der Waals surface area (Å²) in [6.45, 7) is 16.2. The van der Waals surface area contributed by atoms with Crippen molar-refractivity contribution in [3.8, 4) is 0 Å². The Balaban J connectivity index is 2.04. The van der Waals surface area contributed by atoms with Gasteiger partial charge < -0.3 is 4.43 Å². The summed E-state index contributed by atoms with van der Waals surface area (Å²) in [7, 11) is -1.82. The Hall–Kier alpha value is -0.673. The molecule has 25 heavy (non-hydrogen) atoms. The highest BCUT2D eigenvalue weighted by molar-refractivity contribution is 6.74. The quantitative estimate of drug-likeness (QED) is 0.442. The molecule has 0 unspecified atom stereocenters. The van der Waals surface area contributed by atoms with Crippen molar-refractivity contribution in [2.75, 3.05) is 0 Å². The van der Waals surface area contributed by atoms with Gasteiger partial charge in [0.05, 0.1) is 6.10 Å². The van der Waals surface area contributed by atoms with Crippen molar-refractivity contribution in [2.45, 2.75) is 91.0 Å². The van der Waals surface area contributed by atoms with E-state index in [1.807, 2.05) is 6.08 Å². The van der Waals surface area contributed by atoms with Crippen molar-refractivity contribution in [2.24, 2.45) is 17.8 Å². The molecule has 3 heteroatoms. The monoisotopic (exact) mass is 360 g/mol. The molecule has 0 aliphatic heterocycles. The summed E-state index contributed by atoms with van der Waals surface area (Å²) in [5.41, 5.74) is 4.37. The van der Waals surface area contributed by atoms with E-state index < -0.39 is 8.32 Å². The van der Waals surface area contributed by atoms with Gasteiger partial charge in [0.15, 0.2) is 14.1 Å². The molecule has 0 N–H and O–H groups in total. The third-order valence-corrected chi connectivity index (χ3v) is 11.8. The third-order valence-electron chi connectivity index (χ3n) is 7.36. The van der Waals surface area contributed by atoms with Gasteiger partial charge in [-0.25, -0.2) is 0 Å². The lowest BCUT2D eigenvalue weighted by atomic mass is 9.66. The van der Waals surface area contributed by atoms with Crippen molar-refractivity contribution >= 4 is 14.1 Å². The molecule has 0 saturated heterocycles. The zero-order valence-corrected chi connectivity index (χ0v) is 18.2. The number of rotatable bonds is 2. The number of hydrogen-bond acceptors (Lipinski definition) is 2. The maximum absolute atomic E-state index is 12.4. The van der Waals surface area contributed by atoms with Crippen LogP contribution < -0.4 is 0 Å². The fraction of sp³-hybridized carbons (Fsp3) is 0.773. The summed E-state index contributed by atoms with van der Waals surface area (Å²) in [5, 5.41) is 0.228. The summed E-state index contributed by atoms with van der Waals surface area (Å²) in [4.78, 5) is 12.4. The fourth-order valence-electron chi connectivity index (χ4n) is 4.93. The maximum atomic E-state index is 12.4. The van der Waals surface area contributed by atoms with Crippen LogP contribution in [-0.2, 0) is 9.22 Å². The van der Waals surface area contributed by atoms with Crippen molar-refractivity contribution in [3.05, 3.63) is 22.8 Å². The lowest BCUT2D eigenvalue weighted by molar-refractivity contribution is -0.116. The van der Waals surface area contributed by atoms with Crippen LogP contribution in [0.5, 0.6) is 0 Å². The lowest BCUT2D eigenvalue weighted by Gasteiger charge is -2.48. The van der Waals surface area contributed by atoms with E-state index in [4.69, 9.17) is 4.43 Å². The molecule has 140 valence electrons. The van der Waals surface area contributed by atoms with E-state index in [1.165, 1.54) is 24.0 Å². The first-order valence-corrected chi connectivity index (χ1v) is 13.0. The normalized spacial score (nSPS) is 33.0. The second kappa shape index (κ2) is 6.49. The van der Waals surface area contributed by atoms with Crippen molar-refractivity contribution in [1.29, 1.82) is 0 Å². The molecule has 0 radical (unpaired) electrons. The number of fused-ring (bicyclic) bond motifs is 1. The maximum Gasteiger partial charge on any atom is 0.192 e. The Morgan fingerprint density at radius 3 is 2.40 bits per heavy atom. The van der Waals surface area contributed by atoms with Crippen LogP contribution in [0, 0.1) is 17.8 Å². The lowest BCUT2D eigenvalue weighted by Crippen LogP contribution is -2.51. The minimum Gasteiger partial charge on any atom is -0.413 e. The van der Waals surface area contributed by atoms with Crippen LogP contribution in [0.1, 0.15) is 66.7 Å². The summed E-state index contributed by atoms with van der Waals surface area (Å²) < 4.78 is 7.05. The number of allylic oxidation sites excluding steroid dienone is 3. The standard InChI is InChI=1S/C22H36O2Si/c1-14(2)18-11-10-15-8-9-16-12-17(23)13-19(18)20(16)21(15)24-25(6,7)22(3,4)5/h12,15,19-21H,8-11,13H2,1-7H3/t15-,19-,20+,21+/m1/s1. The van der Waals surface area contributed by atoms with Crippen LogP contribution in [0.25, 0.3) is 0 Å². The van der Waals surface area contributed by atoms with E-state index >= 15 is 0 Å². The molecule has 0 aromatic heterocycles. The topological polar surface area (TPSA) is 26.3 Å². The van der Waals surface area contributed by atoms with Crippen LogP contribution in [0.3, 0.4) is 0 Å². The molecule has 0 aromatic rings. The summed E-state index contributed by atoms with van der Waals surface area (Å²) >= 11 is 0. The van der Waals surface area contributed by atoms with E-state index in [2.05, 4.69) is 47.7 Å². The van der Waals surface area contributed by atoms with E-state index in [0.29, 0.717) is 36.1 Å². The zero-order chi connectivity index (χ0) is 18.6. The Morgan fingerprint density at radius 2 is 1.80 bits per heavy atom. The molecule has 0 aromatic carbocycles. The molecule has 0 spiro atoms. The molecule has 2 bridgehead atoms. The minimum atomic E-state index is -1.82. The number of carbonyl (C=O) groups is 1. The number of hydrogen-bond donors (Lipinski definition) is 0. The third kappa shape index (κ3) is 3.47. The molecule has 2 nitrogen and oxygen atoms in total. The second-order valence-corrected chi connectivity index (χ2v) is 15.0. The number of ketones is 1. The Kier molecular flexibility index (Phi) is 4.96. The first-order chi connectivity index (χ1) is 11.5. The predicted octanol–water partition coefficient (Wildman–Crippen LogP) is 6.05. The summed E-state index contributed by atoms with van der Waals surface area (Å²) in [6.07, 6.45) is 7.67. The summed E-state index contributed by atoms with van der Waals surface area (Å²) in [6, 6.07) is 0. The van der Waals surface area contributed by atoms with Gasteiger partial charge in [-0.15, -0.1) is 0 Å². The second-order valence-electron chi connectivity index (χ2n) is 10.2. The first kappa shape index (κ1) is 19.1. The van der Waals surface area contributed by atoms with Crippen LogP contribution >= 0.6 is 0 Å². The smallest absolute Gasteiger partial charge is 0.192 e. The largest absolute Gasteiger partial charge is 0.413 e. The van der Waals surface area contributed by atoms with E-state index in [1.54, 1.807) is 5.57 Å². The molecule has 0 amide bonds. The molecular weight excluding hydrogens is 324 g/mol. The molecule has 2 saturated carbocycles. The Morgan fingerprint density at radius 1 is 1.16 bits per heavy atom. The van der Waals surface area contributed by atoms with Gasteiger partial charge in [0, 0.05) is 12.3 Å². The van der Waals surface area contributed by atoms with Gasteiger partial charge in [0.25, 0.3) is 0 Å². The minimum absolute atomic E-state index is 0.228. The van der Waals surface area contributed by atoms with Gasteiger partial charge >= 0.3 is 0 Å². The van der Waals surface area contributed by atoms with Crippen molar-refractivity contribution < 1.29 is 9.22 Å². The van der Waals surface area contributed by atoms with E-state index in [9.17, 15) is 4.79 Å². The SMILES string of the molecule is CC(C)=C1CC[C@H]2CCC3=CC(=O)C[C@H]1[C@H]3[C@H]2O[Si](C)(C)C(C)(C)C. The molecule has 3 aliphatic rings. The average molecular weight is 361 g/mol. The molecule has 3 rings (SSSR count). The Bertz CT molecular complexity index is 616. The van der Waals surface area contributed by atoms with Gasteiger partial charge in [-0.05, 0) is 75.6 Å². The van der Waals surface area contributed by atoms with Crippen LogP contribution in [0.4, 0.5) is 0 Å². The molecule has 4 atom stereocenters. The fourth-order valence-corrected chi connectivity index (χ4v) is 6.31. The predicted molar refractivity (Wildman–Crippen MR) is 107 cm³/mol. The highest BCUT2D eigenvalue weighted by Gasteiger charge is 2.50. The highest BCUT2D eigenvalue weighted by Crippen LogP contribution is 2.53.